The Morgan fingerprint density at radius 2 is 2.17 bits per heavy atom. The van der Waals surface area contributed by atoms with Crippen molar-refractivity contribution in [3.05, 3.63) is 0 Å². The monoisotopic (exact) mass is 274 g/mol. The maximum Gasteiger partial charge on any atom is 0.315 e. The zero-order chi connectivity index (χ0) is 13.5. The fraction of sp³-hybridized carbons (Fsp3) is 0.833. The molecule has 0 radical (unpaired) electrons. The minimum absolute atomic E-state index is 0.166. The summed E-state index contributed by atoms with van der Waals surface area (Å²) >= 11 is 1.88. The number of thioether (sulfide) groups is 1. The van der Waals surface area contributed by atoms with Gasteiger partial charge in [0.25, 0.3) is 0 Å². The summed E-state index contributed by atoms with van der Waals surface area (Å²) in [6.07, 6.45) is 3.31. The summed E-state index contributed by atoms with van der Waals surface area (Å²) in [6.45, 7) is 3.86. The van der Waals surface area contributed by atoms with Gasteiger partial charge in [0.1, 0.15) is 0 Å². The molecule has 3 atom stereocenters. The van der Waals surface area contributed by atoms with Gasteiger partial charge in [-0.3, -0.25) is 4.79 Å². The molecule has 1 rings (SSSR count). The third-order valence-electron chi connectivity index (χ3n) is 3.14. The molecule has 0 aliphatic heterocycles. The van der Waals surface area contributed by atoms with Gasteiger partial charge in [0, 0.05) is 17.8 Å². The summed E-state index contributed by atoms with van der Waals surface area (Å²) in [7, 11) is 0. The molecule has 0 aromatic rings. The standard InChI is InChI=1S/C12H22N2O3S/c1-3-18-10-6-4-5-9(10)14-12(17)13-7-8(2)11(15)16/h8-10H,3-7H2,1-2H3,(H,15,16)(H2,13,14,17). The molecule has 0 heterocycles. The molecule has 0 aromatic heterocycles. The number of carbonyl (C=O) groups is 2. The SMILES string of the molecule is CCSC1CCCC1NC(=O)NCC(C)C(=O)O. The summed E-state index contributed by atoms with van der Waals surface area (Å²) in [6, 6.07) is -0.0354. The topological polar surface area (TPSA) is 78.4 Å². The first-order valence-electron chi connectivity index (χ1n) is 6.43. The third-order valence-corrected chi connectivity index (χ3v) is 4.47. The Labute approximate surface area is 112 Å². The molecule has 6 heteroatoms. The number of nitrogens with one attached hydrogen (secondary N) is 2. The summed E-state index contributed by atoms with van der Waals surface area (Å²) < 4.78 is 0. The van der Waals surface area contributed by atoms with E-state index < -0.39 is 11.9 Å². The van der Waals surface area contributed by atoms with Crippen LogP contribution in [0.15, 0.2) is 0 Å². The molecular weight excluding hydrogens is 252 g/mol. The maximum absolute atomic E-state index is 11.7. The Bertz CT molecular complexity index is 299. The molecule has 0 aromatic carbocycles. The number of hydrogen-bond donors (Lipinski definition) is 3. The molecule has 1 aliphatic carbocycles. The van der Waals surface area contributed by atoms with E-state index in [0.29, 0.717) is 5.25 Å². The highest BCUT2D eigenvalue weighted by Gasteiger charge is 2.28. The molecule has 3 unspecified atom stereocenters. The number of hydrogen-bond acceptors (Lipinski definition) is 3. The molecule has 0 spiro atoms. The van der Waals surface area contributed by atoms with Gasteiger partial charge in [-0.15, -0.1) is 0 Å². The van der Waals surface area contributed by atoms with Crippen molar-refractivity contribution in [2.45, 2.75) is 44.4 Å². The molecule has 0 bridgehead atoms. The predicted octanol–water partition coefficient (Wildman–Crippen LogP) is 1.68. The molecular formula is C12H22N2O3S. The van der Waals surface area contributed by atoms with E-state index in [1.807, 2.05) is 11.8 Å². The van der Waals surface area contributed by atoms with Crippen molar-refractivity contribution in [2.75, 3.05) is 12.3 Å². The molecule has 1 aliphatic rings. The van der Waals surface area contributed by atoms with Crippen LogP contribution in [-0.2, 0) is 4.79 Å². The lowest BCUT2D eigenvalue weighted by Crippen LogP contribution is -2.46. The second-order valence-electron chi connectivity index (χ2n) is 4.62. The van der Waals surface area contributed by atoms with Crippen LogP contribution in [-0.4, -0.2) is 40.7 Å². The van der Waals surface area contributed by atoms with Crippen LogP contribution in [0.5, 0.6) is 0 Å². The number of amides is 2. The lowest BCUT2D eigenvalue weighted by atomic mass is 10.2. The van der Waals surface area contributed by atoms with Gasteiger partial charge in [-0.1, -0.05) is 20.3 Å². The second-order valence-corrected chi connectivity index (χ2v) is 6.14. The molecule has 104 valence electrons. The predicted molar refractivity (Wildman–Crippen MR) is 72.9 cm³/mol. The minimum Gasteiger partial charge on any atom is -0.481 e. The highest BCUT2D eigenvalue weighted by Crippen LogP contribution is 2.29. The van der Waals surface area contributed by atoms with Crippen LogP contribution in [0.25, 0.3) is 0 Å². The second kappa shape index (κ2) is 7.51. The Hall–Kier alpha value is -0.910. The highest BCUT2D eigenvalue weighted by molar-refractivity contribution is 7.99. The molecule has 5 nitrogen and oxygen atoms in total. The molecule has 2 amide bonds. The van der Waals surface area contributed by atoms with E-state index in [1.54, 1.807) is 6.92 Å². The van der Waals surface area contributed by atoms with Crippen molar-refractivity contribution in [1.82, 2.24) is 10.6 Å². The van der Waals surface area contributed by atoms with Crippen LogP contribution in [0.4, 0.5) is 4.79 Å². The third kappa shape index (κ3) is 4.76. The number of rotatable bonds is 6. The van der Waals surface area contributed by atoms with Gasteiger partial charge in [0.05, 0.1) is 5.92 Å². The van der Waals surface area contributed by atoms with Crippen LogP contribution in [0.3, 0.4) is 0 Å². The average molecular weight is 274 g/mol. The fourth-order valence-electron chi connectivity index (χ4n) is 2.06. The normalized spacial score (nSPS) is 24.6. The van der Waals surface area contributed by atoms with E-state index >= 15 is 0 Å². The number of carboxylic acids is 1. The van der Waals surface area contributed by atoms with Crippen molar-refractivity contribution in [3.8, 4) is 0 Å². The van der Waals surface area contributed by atoms with E-state index in [9.17, 15) is 9.59 Å². The van der Waals surface area contributed by atoms with Gasteiger partial charge in [0.2, 0.25) is 0 Å². The molecule has 1 fully saturated rings. The lowest BCUT2D eigenvalue weighted by Gasteiger charge is -2.20. The lowest BCUT2D eigenvalue weighted by molar-refractivity contribution is -0.140. The van der Waals surface area contributed by atoms with Gasteiger partial charge in [-0.05, 0) is 18.6 Å². The number of aliphatic carboxylic acids is 1. The molecule has 3 N–H and O–H groups in total. The smallest absolute Gasteiger partial charge is 0.315 e. The van der Waals surface area contributed by atoms with E-state index in [2.05, 4.69) is 17.6 Å². The van der Waals surface area contributed by atoms with Crippen LogP contribution < -0.4 is 10.6 Å². The van der Waals surface area contributed by atoms with Crippen LogP contribution in [0, 0.1) is 5.92 Å². The molecule has 0 saturated heterocycles. The first kappa shape index (κ1) is 15.1. The summed E-state index contributed by atoms with van der Waals surface area (Å²) in [4.78, 5) is 22.3. The van der Waals surface area contributed by atoms with Crippen molar-refractivity contribution < 1.29 is 14.7 Å². The molecule has 1 saturated carbocycles. The Morgan fingerprint density at radius 1 is 1.44 bits per heavy atom. The largest absolute Gasteiger partial charge is 0.481 e. The van der Waals surface area contributed by atoms with Crippen LogP contribution in [0.2, 0.25) is 0 Å². The van der Waals surface area contributed by atoms with Gasteiger partial charge < -0.3 is 15.7 Å². The quantitative estimate of drug-likeness (QED) is 0.688. The first-order chi connectivity index (χ1) is 8.54. The Kier molecular flexibility index (Phi) is 6.32. The van der Waals surface area contributed by atoms with E-state index in [4.69, 9.17) is 5.11 Å². The highest BCUT2D eigenvalue weighted by atomic mass is 32.2. The number of carbonyl (C=O) groups excluding carboxylic acids is 1. The molecule has 18 heavy (non-hydrogen) atoms. The zero-order valence-corrected chi connectivity index (χ0v) is 11.8. The van der Waals surface area contributed by atoms with Crippen molar-refractivity contribution >= 4 is 23.8 Å². The maximum atomic E-state index is 11.7. The number of carboxylic acid groups (broad SMARTS) is 1. The average Bonchev–Trinajstić information content (AvgIpc) is 2.74. The van der Waals surface area contributed by atoms with Gasteiger partial charge >= 0.3 is 12.0 Å². The van der Waals surface area contributed by atoms with Crippen LogP contribution in [0.1, 0.15) is 33.1 Å². The van der Waals surface area contributed by atoms with Crippen molar-refractivity contribution in [2.24, 2.45) is 5.92 Å². The van der Waals surface area contributed by atoms with E-state index in [0.717, 1.165) is 25.0 Å². The summed E-state index contributed by atoms with van der Waals surface area (Å²) in [5, 5.41) is 14.8. The van der Waals surface area contributed by atoms with Gasteiger partial charge in [-0.2, -0.15) is 11.8 Å². The van der Waals surface area contributed by atoms with Gasteiger partial charge in [0.15, 0.2) is 0 Å². The Balaban J connectivity index is 2.29. The van der Waals surface area contributed by atoms with Crippen LogP contribution >= 0.6 is 11.8 Å². The first-order valence-corrected chi connectivity index (χ1v) is 7.48. The van der Waals surface area contributed by atoms with Gasteiger partial charge in [-0.25, -0.2) is 4.79 Å². The Morgan fingerprint density at radius 3 is 2.78 bits per heavy atom. The summed E-state index contributed by atoms with van der Waals surface area (Å²) in [5.41, 5.74) is 0. The zero-order valence-electron chi connectivity index (χ0n) is 10.9. The van der Waals surface area contributed by atoms with E-state index in [-0.39, 0.29) is 18.6 Å². The fourth-order valence-corrected chi connectivity index (χ4v) is 3.26. The summed E-state index contributed by atoms with van der Waals surface area (Å²) in [5.74, 6) is -0.392. The minimum atomic E-state index is -0.893. The number of urea groups is 1. The van der Waals surface area contributed by atoms with Crippen molar-refractivity contribution in [1.29, 1.82) is 0 Å². The van der Waals surface area contributed by atoms with E-state index in [1.165, 1.54) is 0 Å². The van der Waals surface area contributed by atoms with Crippen molar-refractivity contribution in [3.63, 3.8) is 0 Å².